The van der Waals surface area contributed by atoms with Crippen molar-refractivity contribution in [2.24, 2.45) is 0 Å². The van der Waals surface area contributed by atoms with Gasteiger partial charge in [0.05, 0.1) is 0 Å². The molecule has 1 rings (SSSR count). The van der Waals surface area contributed by atoms with E-state index in [4.69, 9.17) is 11.6 Å². The topological polar surface area (TPSA) is 20.2 Å². The standard InChI is InChI=1S/C8H10BClO/c1-6-3-7(9(2)11)5-8(10)4-6/h3-5,11H,1-2H3. The minimum Gasteiger partial charge on any atom is -0.446 e. The third-order valence-corrected chi connectivity index (χ3v) is 1.77. The van der Waals surface area contributed by atoms with E-state index >= 15 is 0 Å². The van der Waals surface area contributed by atoms with Crippen LogP contribution in [0.2, 0.25) is 11.8 Å². The maximum Gasteiger partial charge on any atom is 0.320 e. The molecule has 3 heteroatoms. The summed E-state index contributed by atoms with van der Waals surface area (Å²) in [6.45, 7) is 3.25. The highest BCUT2D eigenvalue weighted by atomic mass is 35.5. The Bertz CT molecular complexity index is 240. The second kappa shape index (κ2) is 3.29. The van der Waals surface area contributed by atoms with Gasteiger partial charge in [0.25, 0.3) is 0 Å². The molecule has 0 unspecified atom stereocenters. The summed E-state index contributed by atoms with van der Waals surface area (Å²) in [5, 5.41) is 9.90. The zero-order valence-electron chi connectivity index (χ0n) is 6.63. The van der Waals surface area contributed by atoms with Gasteiger partial charge >= 0.3 is 6.92 Å². The summed E-state index contributed by atoms with van der Waals surface area (Å²) in [4.78, 5) is 0. The summed E-state index contributed by atoms with van der Waals surface area (Å²) in [7, 11) is 0. The largest absolute Gasteiger partial charge is 0.446 e. The van der Waals surface area contributed by atoms with Crippen molar-refractivity contribution in [1.29, 1.82) is 0 Å². The molecule has 0 aliphatic carbocycles. The van der Waals surface area contributed by atoms with Crippen molar-refractivity contribution in [3.63, 3.8) is 0 Å². The predicted octanol–water partition coefficient (Wildman–Crippen LogP) is 1.47. The molecule has 0 bridgehead atoms. The minimum atomic E-state index is -0.438. The Kier molecular flexibility index (Phi) is 2.58. The normalized spacial score (nSPS) is 9.82. The van der Waals surface area contributed by atoms with Crippen molar-refractivity contribution in [2.75, 3.05) is 0 Å². The third kappa shape index (κ3) is 2.24. The van der Waals surface area contributed by atoms with Crippen molar-refractivity contribution < 1.29 is 5.02 Å². The lowest BCUT2D eigenvalue weighted by molar-refractivity contribution is 0.594. The Morgan fingerprint density at radius 2 is 2.00 bits per heavy atom. The molecule has 1 N–H and O–H groups in total. The highest BCUT2D eigenvalue weighted by Crippen LogP contribution is 2.08. The fraction of sp³-hybridized carbons (Fsp3) is 0.250. The Labute approximate surface area is 72.1 Å². The second-order valence-corrected chi connectivity index (χ2v) is 3.17. The van der Waals surface area contributed by atoms with Crippen LogP contribution in [0, 0.1) is 6.92 Å². The molecule has 1 aromatic rings. The molecule has 0 aromatic heterocycles. The first-order valence-electron chi connectivity index (χ1n) is 3.55. The van der Waals surface area contributed by atoms with Crippen molar-refractivity contribution >= 4 is 24.0 Å². The Hall–Kier alpha value is -0.465. The van der Waals surface area contributed by atoms with Gasteiger partial charge in [0.15, 0.2) is 0 Å². The lowest BCUT2D eigenvalue weighted by Crippen LogP contribution is -2.26. The highest BCUT2D eigenvalue weighted by Gasteiger charge is 2.06. The van der Waals surface area contributed by atoms with Crippen LogP contribution >= 0.6 is 11.6 Å². The van der Waals surface area contributed by atoms with E-state index in [9.17, 15) is 5.02 Å². The number of hydrogen-bond acceptors (Lipinski definition) is 1. The van der Waals surface area contributed by atoms with Gasteiger partial charge in [0.1, 0.15) is 0 Å². The van der Waals surface area contributed by atoms with Gasteiger partial charge in [-0.15, -0.1) is 0 Å². The lowest BCUT2D eigenvalue weighted by atomic mass is 9.64. The first-order valence-corrected chi connectivity index (χ1v) is 3.92. The molecule has 11 heavy (non-hydrogen) atoms. The Balaban J connectivity index is 3.08. The SMILES string of the molecule is CB(O)c1cc(C)cc(Cl)c1. The smallest absolute Gasteiger partial charge is 0.320 e. The lowest BCUT2D eigenvalue weighted by Gasteiger charge is -2.02. The number of hydrogen-bond donors (Lipinski definition) is 1. The van der Waals surface area contributed by atoms with Crippen LogP contribution in [-0.4, -0.2) is 11.9 Å². The van der Waals surface area contributed by atoms with E-state index in [1.807, 2.05) is 19.1 Å². The maximum absolute atomic E-state index is 9.21. The number of aryl methyl sites for hydroxylation is 1. The third-order valence-electron chi connectivity index (χ3n) is 1.55. The van der Waals surface area contributed by atoms with Crippen molar-refractivity contribution in [1.82, 2.24) is 0 Å². The molecule has 0 heterocycles. The molecule has 0 aliphatic heterocycles. The molecular formula is C8H10BClO. The minimum absolute atomic E-state index is 0.438. The van der Waals surface area contributed by atoms with E-state index < -0.39 is 6.92 Å². The molecule has 0 radical (unpaired) electrons. The van der Waals surface area contributed by atoms with E-state index in [2.05, 4.69) is 0 Å². The summed E-state index contributed by atoms with van der Waals surface area (Å²) in [6, 6.07) is 5.57. The van der Waals surface area contributed by atoms with Gasteiger partial charge in [0.2, 0.25) is 0 Å². The van der Waals surface area contributed by atoms with Gasteiger partial charge < -0.3 is 5.02 Å². The van der Waals surface area contributed by atoms with Gasteiger partial charge in [0, 0.05) is 5.02 Å². The van der Waals surface area contributed by atoms with Gasteiger partial charge in [-0.2, -0.15) is 0 Å². The summed E-state index contributed by atoms with van der Waals surface area (Å²) >= 11 is 5.78. The van der Waals surface area contributed by atoms with Crippen molar-refractivity contribution in [2.45, 2.75) is 13.7 Å². The van der Waals surface area contributed by atoms with Crippen LogP contribution < -0.4 is 5.46 Å². The van der Waals surface area contributed by atoms with Gasteiger partial charge in [-0.3, -0.25) is 0 Å². The van der Waals surface area contributed by atoms with Crippen LogP contribution in [0.15, 0.2) is 18.2 Å². The number of halogens is 1. The molecule has 1 nitrogen and oxygen atoms in total. The average molecular weight is 168 g/mol. The fourth-order valence-corrected chi connectivity index (χ4v) is 1.30. The van der Waals surface area contributed by atoms with Crippen LogP contribution in [-0.2, 0) is 0 Å². The van der Waals surface area contributed by atoms with Crippen LogP contribution in [0.25, 0.3) is 0 Å². The van der Waals surface area contributed by atoms with Gasteiger partial charge in [-0.25, -0.2) is 0 Å². The number of benzene rings is 1. The quantitative estimate of drug-likeness (QED) is 0.630. The molecule has 0 amide bonds. The summed E-state index contributed by atoms with van der Waals surface area (Å²) in [6.07, 6.45) is 0. The molecule has 0 atom stereocenters. The van der Waals surface area contributed by atoms with E-state index in [1.165, 1.54) is 0 Å². The van der Waals surface area contributed by atoms with Crippen LogP contribution in [0.4, 0.5) is 0 Å². The molecule has 0 spiro atoms. The molecule has 0 saturated heterocycles. The second-order valence-electron chi connectivity index (χ2n) is 2.74. The highest BCUT2D eigenvalue weighted by molar-refractivity contribution is 6.65. The van der Waals surface area contributed by atoms with Crippen molar-refractivity contribution in [3.05, 3.63) is 28.8 Å². The molecule has 0 saturated carbocycles. The van der Waals surface area contributed by atoms with E-state index in [-0.39, 0.29) is 0 Å². The van der Waals surface area contributed by atoms with Crippen LogP contribution in [0.5, 0.6) is 0 Å². The maximum atomic E-state index is 9.21. The Morgan fingerprint density at radius 3 is 2.45 bits per heavy atom. The van der Waals surface area contributed by atoms with Gasteiger partial charge in [-0.1, -0.05) is 30.1 Å². The molecule has 58 valence electrons. The predicted molar refractivity (Wildman–Crippen MR) is 49.7 cm³/mol. The fourth-order valence-electron chi connectivity index (χ4n) is 1.01. The summed E-state index contributed by atoms with van der Waals surface area (Å²) < 4.78 is 0. The molecular weight excluding hydrogens is 158 g/mol. The van der Waals surface area contributed by atoms with Crippen molar-refractivity contribution in [3.8, 4) is 0 Å². The van der Waals surface area contributed by atoms with E-state index in [0.717, 1.165) is 11.0 Å². The summed E-state index contributed by atoms with van der Waals surface area (Å²) in [5.41, 5.74) is 1.95. The van der Waals surface area contributed by atoms with Crippen LogP contribution in [0.3, 0.4) is 0 Å². The number of rotatable bonds is 1. The van der Waals surface area contributed by atoms with E-state index in [0.29, 0.717) is 5.02 Å². The average Bonchev–Trinajstić information content (AvgIpc) is 1.85. The molecule has 1 aromatic carbocycles. The zero-order valence-corrected chi connectivity index (χ0v) is 7.39. The monoisotopic (exact) mass is 168 g/mol. The molecule has 0 aliphatic rings. The first kappa shape index (κ1) is 8.63. The molecule has 0 fully saturated rings. The van der Waals surface area contributed by atoms with E-state index in [1.54, 1.807) is 12.9 Å². The zero-order chi connectivity index (χ0) is 8.43. The van der Waals surface area contributed by atoms with Gasteiger partial charge in [-0.05, 0) is 24.5 Å². The summed E-state index contributed by atoms with van der Waals surface area (Å²) in [5.74, 6) is 0. The Morgan fingerprint density at radius 1 is 1.36 bits per heavy atom. The first-order chi connectivity index (χ1) is 5.09. The van der Waals surface area contributed by atoms with Crippen LogP contribution in [0.1, 0.15) is 5.56 Å².